The van der Waals surface area contributed by atoms with Gasteiger partial charge < -0.3 is 36.6 Å². The molecule has 0 aromatic rings. The van der Waals surface area contributed by atoms with Gasteiger partial charge in [-0.25, -0.2) is 5.48 Å². The van der Waals surface area contributed by atoms with Crippen LogP contribution < -0.4 is 22.3 Å². The normalized spacial score (nSPS) is 18.3. The number of ketones is 1. The summed E-state index contributed by atoms with van der Waals surface area (Å²) >= 11 is 0. The number of nitrogens with zero attached hydrogens (tertiary/aromatic N) is 1. The summed E-state index contributed by atoms with van der Waals surface area (Å²) < 4.78 is 6.11. The number of carbonyl (C=O) groups is 4. The molecule has 1 heterocycles. The Labute approximate surface area is 370 Å². The lowest BCUT2D eigenvalue weighted by molar-refractivity contribution is -0.237. The predicted molar refractivity (Wildman–Crippen MR) is 245 cm³/mol. The van der Waals surface area contributed by atoms with Gasteiger partial charge in [0, 0.05) is 19.4 Å². The molecule has 0 aromatic carbocycles. The van der Waals surface area contributed by atoms with Crippen molar-refractivity contribution in [2.45, 2.75) is 243 Å². The summed E-state index contributed by atoms with van der Waals surface area (Å²) in [7, 11) is 0. The topological polar surface area (TPSA) is 207 Å². The van der Waals surface area contributed by atoms with Gasteiger partial charge in [-0.05, 0) is 38.5 Å². The van der Waals surface area contributed by atoms with E-state index in [-0.39, 0.29) is 12.3 Å². The highest BCUT2D eigenvalue weighted by Gasteiger charge is 2.42. The molecule has 1 fully saturated rings. The van der Waals surface area contributed by atoms with E-state index < -0.39 is 67.9 Å². The Bertz CT molecular complexity index is 1140. The van der Waals surface area contributed by atoms with Gasteiger partial charge in [0.15, 0.2) is 5.78 Å². The third-order valence-electron chi connectivity index (χ3n) is 11.9. The SMILES string of the molecule is CCCCCCCC/C=C\CCCCCCCC(=O)N(CCCCCCCCCCCCCCCCCC)[C@H]1C[C@H](ONC(=O)CNC(=O)C(N)C(=O)CN)[C@@H](O)[C@@H](CO)O1. The van der Waals surface area contributed by atoms with Gasteiger partial charge in [-0.15, -0.1) is 0 Å². The second kappa shape index (κ2) is 39.2. The number of Topliss-reactive ketones (excluding diaryl/α,β-unsaturated/α-hetero) is 1. The smallest absolute Gasteiger partial charge is 0.262 e. The van der Waals surface area contributed by atoms with E-state index in [9.17, 15) is 29.4 Å². The first-order valence-corrected chi connectivity index (χ1v) is 24.8. The second-order valence-electron chi connectivity index (χ2n) is 17.3. The molecule has 5 atom stereocenters. The lowest BCUT2D eigenvalue weighted by atomic mass is 9.99. The molecular weight excluding hydrogens is 775 g/mol. The third-order valence-corrected chi connectivity index (χ3v) is 11.9. The number of nitrogens with one attached hydrogen (secondary N) is 2. The van der Waals surface area contributed by atoms with Crippen LogP contribution in [0.4, 0.5) is 0 Å². The number of allylic oxidation sites excluding steroid dienone is 2. The lowest BCUT2D eigenvalue weighted by Gasteiger charge is -2.42. The molecule has 356 valence electrons. The molecule has 1 aliphatic heterocycles. The summed E-state index contributed by atoms with van der Waals surface area (Å²) in [6.07, 6.45) is 36.3. The number of nitrogens with two attached hydrogens (primary N) is 2. The zero-order valence-electron chi connectivity index (χ0n) is 38.7. The molecule has 13 heteroatoms. The van der Waals surface area contributed by atoms with Gasteiger partial charge in [0.2, 0.25) is 11.8 Å². The molecule has 0 aromatic heterocycles. The van der Waals surface area contributed by atoms with Crippen LogP contribution in [0.5, 0.6) is 0 Å². The van der Waals surface area contributed by atoms with Crippen LogP contribution in [0.1, 0.15) is 213 Å². The minimum absolute atomic E-state index is 0.0365. The monoisotopic (exact) mass is 866 g/mol. The number of hydrogen-bond acceptors (Lipinski definition) is 10. The molecule has 0 radical (unpaired) electrons. The van der Waals surface area contributed by atoms with E-state index in [1.54, 1.807) is 4.90 Å². The van der Waals surface area contributed by atoms with Crippen LogP contribution in [0.2, 0.25) is 0 Å². The number of hydrogen-bond donors (Lipinski definition) is 6. The molecule has 0 bridgehead atoms. The molecular formula is C48H91N5O8. The number of aliphatic hydroxyl groups excluding tert-OH is 2. The molecule has 61 heavy (non-hydrogen) atoms. The maximum Gasteiger partial charge on any atom is 0.262 e. The minimum atomic E-state index is -1.49. The molecule has 1 unspecified atom stereocenters. The van der Waals surface area contributed by atoms with Gasteiger partial charge in [-0.3, -0.25) is 24.0 Å². The molecule has 8 N–H and O–H groups in total. The zero-order valence-corrected chi connectivity index (χ0v) is 38.7. The van der Waals surface area contributed by atoms with Crippen LogP contribution >= 0.6 is 0 Å². The Balaban J connectivity index is 2.62. The summed E-state index contributed by atoms with van der Waals surface area (Å²) in [5, 5.41) is 23.3. The number of unbranched alkanes of at least 4 members (excludes halogenated alkanes) is 26. The van der Waals surface area contributed by atoms with E-state index in [2.05, 4.69) is 36.8 Å². The molecule has 1 saturated heterocycles. The third kappa shape index (κ3) is 28.8. The first-order chi connectivity index (χ1) is 29.7. The van der Waals surface area contributed by atoms with E-state index in [0.29, 0.717) is 13.0 Å². The van der Waals surface area contributed by atoms with Crippen molar-refractivity contribution < 1.29 is 39.0 Å². The average molecular weight is 866 g/mol. The number of aliphatic hydroxyl groups is 2. The average Bonchev–Trinajstić information content (AvgIpc) is 3.26. The highest BCUT2D eigenvalue weighted by molar-refractivity contribution is 6.06. The standard InChI is InChI=1S/C48H91N5O8/c1-3-5-7-9-11-13-15-17-19-21-23-25-27-29-31-33-35-53(44(57)34-32-30-28-26-24-22-20-18-16-14-12-10-8-6-4-2)45-36-41(47(58)42(39-54)60-45)61-52-43(56)38-51-48(59)46(50)40(55)37-49/h18,20,41-42,45-47,54,58H,3-17,19,21-39,49-50H2,1-2H3,(H,51,59)(H,52,56)/b20-18-/t41-,42+,45+,46?,47+/m0/s1. The van der Waals surface area contributed by atoms with E-state index in [1.807, 2.05) is 0 Å². The van der Waals surface area contributed by atoms with Gasteiger partial charge in [0.05, 0.1) is 19.7 Å². The van der Waals surface area contributed by atoms with Crippen molar-refractivity contribution in [3.63, 3.8) is 0 Å². The van der Waals surface area contributed by atoms with Crippen LogP contribution in [0.15, 0.2) is 12.2 Å². The molecule has 1 aliphatic rings. The summed E-state index contributed by atoms with van der Waals surface area (Å²) in [6.45, 7) is 3.54. The summed E-state index contributed by atoms with van der Waals surface area (Å²) in [4.78, 5) is 57.3. The number of amides is 3. The van der Waals surface area contributed by atoms with Gasteiger partial charge in [-0.1, -0.05) is 174 Å². The second-order valence-corrected chi connectivity index (χ2v) is 17.3. The van der Waals surface area contributed by atoms with Gasteiger partial charge >= 0.3 is 0 Å². The predicted octanol–water partition coefficient (Wildman–Crippen LogP) is 7.97. The molecule has 1 rings (SSSR count). The Morgan fingerprint density at radius 3 is 1.66 bits per heavy atom. The Morgan fingerprint density at radius 1 is 0.721 bits per heavy atom. The molecule has 3 amide bonds. The van der Waals surface area contributed by atoms with Gasteiger partial charge in [-0.2, -0.15) is 0 Å². The van der Waals surface area contributed by atoms with Crippen molar-refractivity contribution in [3.8, 4) is 0 Å². The number of hydroxylamine groups is 1. The molecule has 0 saturated carbocycles. The van der Waals surface area contributed by atoms with Crippen LogP contribution in [-0.4, -0.2) is 95.4 Å². The highest BCUT2D eigenvalue weighted by atomic mass is 16.7. The summed E-state index contributed by atoms with van der Waals surface area (Å²) in [5.74, 6) is -2.31. The summed E-state index contributed by atoms with van der Waals surface area (Å²) in [5.41, 5.74) is 13.0. The van der Waals surface area contributed by atoms with Crippen LogP contribution in [-0.2, 0) is 28.8 Å². The maximum atomic E-state index is 13.8. The lowest BCUT2D eigenvalue weighted by Crippen LogP contribution is -2.58. The number of rotatable bonds is 41. The van der Waals surface area contributed by atoms with Crippen molar-refractivity contribution in [1.29, 1.82) is 0 Å². The molecule has 0 aliphatic carbocycles. The van der Waals surface area contributed by atoms with E-state index >= 15 is 0 Å². The van der Waals surface area contributed by atoms with E-state index in [4.69, 9.17) is 21.0 Å². The van der Waals surface area contributed by atoms with E-state index in [1.165, 1.54) is 128 Å². The fourth-order valence-electron chi connectivity index (χ4n) is 7.86. The van der Waals surface area contributed by atoms with Crippen molar-refractivity contribution >= 4 is 23.5 Å². The fourth-order valence-corrected chi connectivity index (χ4v) is 7.86. The zero-order chi connectivity index (χ0) is 44.8. The molecule has 13 nitrogen and oxygen atoms in total. The first kappa shape index (κ1) is 56.6. The Morgan fingerprint density at radius 2 is 1.18 bits per heavy atom. The highest BCUT2D eigenvalue weighted by Crippen LogP contribution is 2.26. The quantitative estimate of drug-likeness (QED) is 0.0151. The number of ether oxygens (including phenoxy) is 1. The largest absolute Gasteiger partial charge is 0.394 e. The fraction of sp³-hybridized carbons (Fsp3) is 0.875. The van der Waals surface area contributed by atoms with Crippen molar-refractivity contribution in [2.24, 2.45) is 11.5 Å². The summed E-state index contributed by atoms with van der Waals surface area (Å²) in [6, 6.07) is -1.49. The minimum Gasteiger partial charge on any atom is -0.394 e. The van der Waals surface area contributed by atoms with E-state index in [0.717, 1.165) is 57.8 Å². The first-order valence-electron chi connectivity index (χ1n) is 24.8. The maximum absolute atomic E-state index is 13.8. The van der Waals surface area contributed by atoms with Crippen LogP contribution in [0.3, 0.4) is 0 Å². The van der Waals surface area contributed by atoms with Crippen molar-refractivity contribution in [2.75, 3.05) is 26.2 Å². The van der Waals surface area contributed by atoms with Gasteiger partial charge in [0.1, 0.15) is 30.6 Å². The van der Waals surface area contributed by atoms with Crippen LogP contribution in [0, 0.1) is 0 Å². The Kier molecular flexibility index (Phi) is 36.4. The number of carbonyl (C=O) groups excluding carboxylic acids is 4. The van der Waals surface area contributed by atoms with Crippen molar-refractivity contribution in [3.05, 3.63) is 12.2 Å². The Hall–Kier alpha value is -2.42. The molecule has 0 spiro atoms. The van der Waals surface area contributed by atoms with Crippen molar-refractivity contribution in [1.82, 2.24) is 15.7 Å². The van der Waals surface area contributed by atoms with Crippen LogP contribution in [0.25, 0.3) is 0 Å². The van der Waals surface area contributed by atoms with Gasteiger partial charge in [0.25, 0.3) is 5.91 Å².